The van der Waals surface area contributed by atoms with Gasteiger partial charge >= 0.3 is 6.03 Å². The van der Waals surface area contributed by atoms with Crippen LogP contribution in [-0.4, -0.2) is 18.0 Å². The zero-order valence-electron chi connectivity index (χ0n) is 14.8. The molecule has 3 amide bonds. The van der Waals surface area contributed by atoms with E-state index < -0.39 is 12.1 Å². The number of anilines is 2. The molecule has 1 atom stereocenters. The summed E-state index contributed by atoms with van der Waals surface area (Å²) >= 11 is 0. The van der Waals surface area contributed by atoms with E-state index in [2.05, 4.69) is 16.0 Å². The fraction of sp³-hybridized carbons (Fsp3) is 0.300. The minimum Gasteiger partial charge on any atom is -0.479 e. The van der Waals surface area contributed by atoms with Gasteiger partial charge in [-0.2, -0.15) is 0 Å². The second-order valence-electron chi connectivity index (χ2n) is 6.89. The van der Waals surface area contributed by atoms with E-state index in [1.54, 1.807) is 37.3 Å². The summed E-state index contributed by atoms with van der Waals surface area (Å²) in [7, 11) is 0. The fourth-order valence-electron chi connectivity index (χ4n) is 3.01. The molecule has 4 rings (SSSR count). The van der Waals surface area contributed by atoms with E-state index in [0.29, 0.717) is 28.6 Å². The van der Waals surface area contributed by atoms with Gasteiger partial charge in [-0.25, -0.2) is 9.18 Å². The van der Waals surface area contributed by atoms with E-state index in [1.807, 2.05) is 6.07 Å². The Hall–Kier alpha value is -3.09. The molecule has 1 fully saturated rings. The lowest BCUT2D eigenvalue weighted by Crippen LogP contribution is -2.34. The van der Waals surface area contributed by atoms with Gasteiger partial charge in [0.2, 0.25) is 0 Å². The molecule has 0 radical (unpaired) electrons. The number of carbonyl (C=O) groups is 2. The normalized spacial score (nSPS) is 18.1. The Labute approximate surface area is 156 Å². The van der Waals surface area contributed by atoms with Gasteiger partial charge in [0.1, 0.15) is 11.6 Å². The van der Waals surface area contributed by atoms with Crippen molar-refractivity contribution in [3.63, 3.8) is 0 Å². The van der Waals surface area contributed by atoms with Crippen LogP contribution in [0.4, 0.5) is 20.6 Å². The van der Waals surface area contributed by atoms with Crippen LogP contribution in [0.3, 0.4) is 0 Å². The highest BCUT2D eigenvalue weighted by Crippen LogP contribution is 2.40. The van der Waals surface area contributed by atoms with Gasteiger partial charge in [-0.05, 0) is 55.5 Å². The van der Waals surface area contributed by atoms with Gasteiger partial charge in [-0.3, -0.25) is 4.79 Å². The Kier molecular flexibility index (Phi) is 4.43. The standard InChI is InChI=1S/C20H20FN3O3/c1-11-19(25)24-17-9-15(6-7-18(17)27-11)23-20(26)22-10-14-5-4-13(8-16(14)21)12-2-3-12/h4-9,11-12H,2-3,10H2,1H3,(H,24,25)(H2,22,23,26). The largest absolute Gasteiger partial charge is 0.479 e. The Morgan fingerprint density at radius 3 is 2.81 bits per heavy atom. The zero-order valence-corrected chi connectivity index (χ0v) is 14.8. The van der Waals surface area contributed by atoms with Crippen molar-refractivity contribution in [1.29, 1.82) is 0 Å². The van der Waals surface area contributed by atoms with Crippen LogP contribution in [0.25, 0.3) is 0 Å². The summed E-state index contributed by atoms with van der Waals surface area (Å²) in [6, 6.07) is 9.70. The number of amides is 3. The third kappa shape index (κ3) is 3.86. The van der Waals surface area contributed by atoms with Crippen molar-refractivity contribution >= 4 is 23.3 Å². The van der Waals surface area contributed by atoms with Crippen molar-refractivity contribution in [3.05, 3.63) is 53.3 Å². The number of hydrogen-bond acceptors (Lipinski definition) is 3. The van der Waals surface area contributed by atoms with Crippen LogP contribution >= 0.6 is 0 Å². The summed E-state index contributed by atoms with van der Waals surface area (Å²) in [5, 5.41) is 8.03. The van der Waals surface area contributed by atoms with Gasteiger partial charge in [0.25, 0.3) is 5.91 Å². The number of rotatable bonds is 4. The first-order valence-electron chi connectivity index (χ1n) is 8.94. The van der Waals surface area contributed by atoms with E-state index in [4.69, 9.17) is 4.74 Å². The molecule has 1 unspecified atom stereocenters. The van der Waals surface area contributed by atoms with Crippen LogP contribution < -0.4 is 20.7 Å². The average molecular weight is 369 g/mol. The molecule has 0 aromatic heterocycles. The molecule has 0 saturated heterocycles. The highest BCUT2D eigenvalue weighted by atomic mass is 19.1. The molecule has 0 bridgehead atoms. The predicted octanol–water partition coefficient (Wildman–Crippen LogP) is 3.74. The van der Waals surface area contributed by atoms with Crippen molar-refractivity contribution < 1.29 is 18.7 Å². The summed E-state index contributed by atoms with van der Waals surface area (Å²) < 4.78 is 19.6. The number of benzene rings is 2. The number of carbonyl (C=O) groups excluding carboxylic acids is 2. The molecular formula is C20H20FN3O3. The van der Waals surface area contributed by atoms with Crippen molar-refractivity contribution in [3.8, 4) is 5.75 Å². The van der Waals surface area contributed by atoms with E-state index in [9.17, 15) is 14.0 Å². The van der Waals surface area contributed by atoms with Gasteiger partial charge < -0.3 is 20.7 Å². The monoisotopic (exact) mass is 369 g/mol. The van der Waals surface area contributed by atoms with Gasteiger partial charge in [0.15, 0.2) is 6.10 Å². The van der Waals surface area contributed by atoms with Crippen molar-refractivity contribution in [2.75, 3.05) is 10.6 Å². The molecule has 140 valence electrons. The van der Waals surface area contributed by atoms with Crippen molar-refractivity contribution in [2.24, 2.45) is 0 Å². The lowest BCUT2D eigenvalue weighted by Gasteiger charge is -2.23. The third-order valence-corrected chi connectivity index (χ3v) is 4.73. The summed E-state index contributed by atoms with van der Waals surface area (Å²) in [6.07, 6.45) is 1.68. The number of nitrogens with one attached hydrogen (secondary N) is 3. The van der Waals surface area contributed by atoms with Gasteiger partial charge in [0, 0.05) is 17.8 Å². The Balaban J connectivity index is 1.36. The number of fused-ring (bicyclic) bond motifs is 1. The minimum absolute atomic E-state index is 0.0882. The topological polar surface area (TPSA) is 79.5 Å². The minimum atomic E-state index is -0.555. The van der Waals surface area contributed by atoms with Crippen LogP contribution in [0.1, 0.15) is 36.8 Å². The Bertz CT molecular complexity index is 911. The van der Waals surface area contributed by atoms with Gasteiger partial charge in [-0.1, -0.05) is 12.1 Å². The highest BCUT2D eigenvalue weighted by Gasteiger charge is 2.25. The summed E-state index contributed by atoms with van der Waals surface area (Å²) in [4.78, 5) is 23.8. The molecule has 27 heavy (non-hydrogen) atoms. The Morgan fingerprint density at radius 2 is 2.07 bits per heavy atom. The predicted molar refractivity (Wildman–Crippen MR) is 99.4 cm³/mol. The smallest absolute Gasteiger partial charge is 0.319 e. The maximum absolute atomic E-state index is 14.1. The first kappa shape index (κ1) is 17.3. The van der Waals surface area contributed by atoms with Crippen LogP contribution in [0.5, 0.6) is 5.75 Å². The maximum atomic E-state index is 14.1. The molecule has 2 aromatic carbocycles. The molecular weight excluding hydrogens is 349 g/mol. The number of ether oxygens (including phenoxy) is 1. The van der Waals surface area contributed by atoms with Crippen LogP contribution in [0.15, 0.2) is 36.4 Å². The highest BCUT2D eigenvalue weighted by molar-refractivity contribution is 5.99. The van der Waals surface area contributed by atoms with Crippen molar-refractivity contribution in [2.45, 2.75) is 38.3 Å². The van der Waals surface area contributed by atoms with E-state index >= 15 is 0 Å². The molecule has 6 nitrogen and oxygen atoms in total. The zero-order chi connectivity index (χ0) is 19.0. The first-order valence-corrected chi connectivity index (χ1v) is 8.94. The SMILES string of the molecule is CC1Oc2ccc(NC(=O)NCc3ccc(C4CC4)cc3F)cc2NC1=O. The van der Waals surface area contributed by atoms with Crippen molar-refractivity contribution in [1.82, 2.24) is 5.32 Å². The van der Waals surface area contributed by atoms with Crippen LogP contribution in [0, 0.1) is 5.82 Å². The molecule has 7 heteroatoms. The first-order chi connectivity index (χ1) is 13.0. The Morgan fingerprint density at radius 1 is 1.26 bits per heavy atom. The summed E-state index contributed by atoms with van der Waals surface area (Å²) in [5.74, 6) is 0.490. The molecule has 1 saturated carbocycles. The average Bonchev–Trinajstić information content (AvgIpc) is 3.47. The lowest BCUT2D eigenvalue weighted by molar-refractivity contribution is -0.122. The molecule has 3 N–H and O–H groups in total. The van der Waals surface area contributed by atoms with E-state index in [-0.39, 0.29) is 18.3 Å². The van der Waals surface area contributed by atoms with Crippen LogP contribution in [-0.2, 0) is 11.3 Å². The molecule has 2 aromatic rings. The van der Waals surface area contributed by atoms with Gasteiger partial charge in [-0.15, -0.1) is 0 Å². The summed E-state index contributed by atoms with van der Waals surface area (Å²) in [5.41, 5.74) is 2.45. The number of urea groups is 1. The summed E-state index contributed by atoms with van der Waals surface area (Å²) in [6.45, 7) is 1.75. The molecule has 1 aliphatic heterocycles. The van der Waals surface area contributed by atoms with E-state index in [0.717, 1.165) is 18.4 Å². The van der Waals surface area contributed by atoms with Crippen LogP contribution in [0.2, 0.25) is 0 Å². The molecule has 2 aliphatic rings. The molecule has 1 aliphatic carbocycles. The number of halogens is 1. The van der Waals surface area contributed by atoms with E-state index in [1.165, 1.54) is 0 Å². The quantitative estimate of drug-likeness (QED) is 0.768. The fourth-order valence-corrected chi connectivity index (χ4v) is 3.01. The lowest BCUT2D eigenvalue weighted by atomic mass is 10.1. The second-order valence-corrected chi connectivity index (χ2v) is 6.89. The van der Waals surface area contributed by atoms with Gasteiger partial charge in [0.05, 0.1) is 5.69 Å². The molecule has 1 heterocycles. The molecule has 0 spiro atoms. The maximum Gasteiger partial charge on any atom is 0.319 e. The number of hydrogen-bond donors (Lipinski definition) is 3. The third-order valence-electron chi connectivity index (χ3n) is 4.73. The second kappa shape index (κ2) is 6.90.